The van der Waals surface area contributed by atoms with Crippen LogP contribution in [0.2, 0.25) is 0 Å². The summed E-state index contributed by atoms with van der Waals surface area (Å²) < 4.78 is 0. The molecule has 1 aromatic heterocycles. The number of hydrogen-bond donors (Lipinski definition) is 1. The van der Waals surface area contributed by atoms with E-state index >= 15 is 0 Å². The third kappa shape index (κ3) is 3.41. The third-order valence-electron chi connectivity index (χ3n) is 2.72. The summed E-state index contributed by atoms with van der Waals surface area (Å²) in [4.78, 5) is 18.0. The molecule has 2 rings (SSSR count). The number of hydrogen-bond acceptors (Lipinski definition) is 3. The molecule has 0 saturated carbocycles. The number of amides is 1. The minimum absolute atomic E-state index is 0.0384. The van der Waals surface area contributed by atoms with Crippen LogP contribution in [0.3, 0.4) is 0 Å². The number of rotatable bonds is 4. The van der Waals surface area contributed by atoms with Crippen molar-refractivity contribution in [2.75, 3.05) is 7.05 Å². The highest BCUT2D eigenvalue weighted by Crippen LogP contribution is 2.10. The summed E-state index contributed by atoms with van der Waals surface area (Å²) >= 11 is 3.38. The Morgan fingerprint density at radius 1 is 1.37 bits per heavy atom. The molecular weight excluding hydrogens is 308 g/mol. The van der Waals surface area contributed by atoms with E-state index in [4.69, 9.17) is 0 Å². The Balaban J connectivity index is 2.05. The van der Waals surface area contributed by atoms with E-state index in [1.165, 1.54) is 0 Å². The van der Waals surface area contributed by atoms with Crippen LogP contribution in [-0.2, 0) is 11.9 Å². The second-order valence-corrected chi connectivity index (χ2v) is 4.89. The Bertz CT molecular complexity index is 564. The Labute approximate surface area is 120 Å². The standard InChI is InChI=1S/C13H15BrN4O/c1-9-15-12(17-16-9)8-18(2)13(19)11-5-3-10(7-14)4-6-11/h3-6H,7-8H2,1-2H3,(H,15,16,17). The molecule has 0 aliphatic heterocycles. The molecule has 19 heavy (non-hydrogen) atoms. The Kier molecular flexibility index (Phi) is 4.31. The van der Waals surface area contributed by atoms with E-state index in [-0.39, 0.29) is 5.91 Å². The summed E-state index contributed by atoms with van der Waals surface area (Å²) in [6, 6.07) is 7.54. The van der Waals surface area contributed by atoms with Gasteiger partial charge in [-0.2, -0.15) is 5.10 Å². The number of aromatic amines is 1. The predicted molar refractivity (Wildman–Crippen MR) is 76.0 cm³/mol. The largest absolute Gasteiger partial charge is 0.334 e. The molecule has 0 aliphatic carbocycles. The molecule has 0 unspecified atom stereocenters. The molecular formula is C13H15BrN4O. The van der Waals surface area contributed by atoms with Crippen LogP contribution in [0.1, 0.15) is 27.6 Å². The van der Waals surface area contributed by atoms with E-state index in [1.54, 1.807) is 11.9 Å². The van der Waals surface area contributed by atoms with Crippen molar-refractivity contribution in [1.82, 2.24) is 20.1 Å². The van der Waals surface area contributed by atoms with Crippen LogP contribution in [0.15, 0.2) is 24.3 Å². The molecule has 100 valence electrons. The number of H-pyrrole nitrogens is 1. The zero-order valence-corrected chi connectivity index (χ0v) is 12.4. The number of halogens is 1. The monoisotopic (exact) mass is 322 g/mol. The average molecular weight is 323 g/mol. The Hall–Kier alpha value is -1.69. The van der Waals surface area contributed by atoms with Crippen LogP contribution < -0.4 is 0 Å². The SMILES string of the molecule is Cc1nc(CN(C)C(=O)c2ccc(CBr)cc2)n[nH]1. The van der Waals surface area contributed by atoms with Gasteiger partial charge in [0.25, 0.3) is 5.91 Å². The molecule has 0 aliphatic rings. The van der Waals surface area contributed by atoms with Crippen molar-refractivity contribution in [1.29, 1.82) is 0 Å². The van der Waals surface area contributed by atoms with E-state index < -0.39 is 0 Å². The normalized spacial score (nSPS) is 10.5. The molecule has 0 atom stereocenters. The fourth-order valence-corrected chi connectivity index (χ4v) is 2.07. The highest BCUT2D eigenvalue weighted by atomic mass is 79.9. The fourth-order valence-electron chi connectivity index (χ4n) is 1.70. The van der Waals surface area contributed by atoms with Crippen LogP contribution in [0.4, 0.5) is 0 Å². The molecule has 1 amide bonds. The van der Waals surface area contributed by atoms with Crippen molar-refractivity contribution in [3.63, 3.8) is 0 Å². The Morgan fingerprint density at radius 2 is 2.05 bits per heavy atom. The summed E-state index contributed by atoms with van der Waals surface area (Å²) in [6.07, 6.45) is 0. The minimum Gasteiger partial charge on any atom is -0.334 e. The van der Waals surface area contributed by atoms with Crippen LogP contribution in [0, 0.1) is 6.92 Å². The predicted octanol–water partition coefficient (Wildman–Crippen LogP) is 2.28. The molecule has 2 aromatic rings. The quantitative estimate of drug-likeness (QED) is 0.878. The van der Waals surface area contributed by atoms with Crippen LogP contribution >= 0.6 is 15.9 Å². The van der Waals surface area contributed by atoms with E-state index in [0.29, 0.717) is 17.9 Å². The lowest BCUT2D eigenvalue weighted by molar-refractivity contribution is 0.0781. The molecule has 6 heteroatoms. The molecule has 1 N–H and O–H groups in total. The smallest absolute Gasteiger partial charge is 0.254 e. The summed E-state index contributed by atoms with van der Waals surface area (Å²) in [5.41, 5.74) is 1.81. The van der Waals surface area contributed by atoms with Gasteiger partial charge in [0, 0.05) is 17.9 Å². The minimum atomic E-state index is -0.0384. The van der Waals surface area contributed by atoms with Crippen molar-refractivity contribution in [2.45, 2.75) is 18.8 Å². The zero-order valence-electron chi connectivity index (χ0n) is 10.9. The van der Waals surface area contributed by atoms with E-state index in [1.807, 2.05) is 31.2 Å². The maximum atomic E-state index is 12.2. The van der Waals surface area contributed by atoms with Gasteiger partial charge in [-0.25, -0.2) is 4.98 Å². The topological polar surface area (TPSA) is 61.9 Å². The van der Waals surface area contributed by atoms with Gasteiger partial charge in [0.05, 0.1) is 6.54 Å². The van der Waals surface area contributed by atoms with E-state index in [2.05, 4.69) is 31.1 Å². The van der Waals surface area contributed by atoms with E-state index in [0.717, 1.165) is 16.7 Å². The lowest BCUT2D eigenvalue weighted by atomic mass is 10.1. The molecule has 0 spiro atoms. The maximum absolute atomic E-state index is 12.2. The second-order valence-electron chi connectivity index (χ2n) is 4.33. The summed E-state index contributed by atoms with van der Waals surface area (Å²) in [5, 5.41) is 7.57. The van der Waals surface area contributed by atoms with E-state index in [9.17, 15) is 4.79 Å². The van der Waals surface area contributed by atoms with Gasteiger partial charge in [0.15, 0.2) is 5.82 Å². The first-order valence-electron chi connectivity index (χ1n) is 5.88. The van der Waals surface area contributed by atoms with Crippen LogP contribution in [0.25, 0.3) is 0 Å². The number of nitrogens with zero attached hydrogens (tertiary/aromatic N) is 3. The summed E-state index contributed by atoms with van der Waals surface area (Å²) in [5.74, 6) is 1.33. The molecule has 0 radical (unpaired) electrons. The third-order valence-corrected chi connectivity index (χ3v) is 3.37. The zero-order chi connectivity index (χ0) is 13.8. The number of alkyl halides is 1. The maximum Gasteiger partial charge on any atom is 0.254 e. The molecule has 0 fully saturated rings. The van der Waals surface area contributed by atoms with Gasteiger partial charge in [-0.3, -0.25) is 9.89 Å². The number of carbonyl (C=O) groups is 1. The second kappa shape index (κ2) is 5.97. The summed E-state index contributed by atoms with van der Waals surface area (Å²) in [7, 11) is 1.74. The molecule has 0 saturated heterocycles. The van der Waals surface area contributed by atoms with Crippen molar-refractivity contribution in [3.05, 3.63) is 47.0 Å². The van der Waals surface area contributed by atoms with Crippen molar-refractivity contribution >= 4 is 21.8 Å². The van der Waals surface area contributed by atoms with Crippen LogP contribution in [0.5, 0.6) is 0 Å². The average Bonchev–Trinajstić information content (AvgIpc) is 2.83. The van der Waals surface area contributed by atoms with Gasteiger partial charge in [-0.05, 0) is 24.6 Å². The van der Waals surface area contributed by atoms with Gasteiger partial charge in [0.1, 0.15) is 5.82 Å². The van der Waals surface area contributed by atoms with Crippen molar-refractivity contribution in [2.24, 2.45) is 0 Å². The number of nitrogens with one attached hydrogen (secondary N) is 1. The lowest BCUT2D eigenvalue weighted by Gasteiger charge is -2.15. The van der Waals surface area contributed by atoms with Gasteiger partial charge in [0.2, 0.25) is 0 Å². The highest BCUT2D eigenvalue weighted by Gasteiger charge is 2.13. The van der Waals surface area contributed by atoms with Gasteiger partial charge < -0.3 is 4.90 Å². The number of aryl methyl sites for hydroxylation is 1. The first kappa shape index (κ1) is 13.7. The molecule has 0 bridgehead atoms. The Morgan fingerprint density at radius 3 is 2.58 bits per heavy atom. The highest BCUT2D eigenvalue weighted by molar-refractivity contribution is 9.08. The lowest BCUT2D eigenvalue weighted by Crippen LogP contribution is -2.26. The van der Waals surface area contributed by atoms with Crippen molar-refractivity contribution < 1.29 is 4.79 Å². The molecule has 5 nitrogen and oxygen atoms in total. The van der Waals surface area contributed by atoms with Gasteiger partial charge >= 0.3 is 0 Å². The molecule has 1 aromatic carbocycles. The fraction of sp³-hybridized carbons (Fsp3) is 0.308. The molecule has 1 heterocycles. The first-order valence-corrected chi connectivity index (χ1v) is 7.00. The summed E-state index contributed by atoms with van der Waals surface area (Å²) in [6.45, 7) is 2.22. The van der Waals surface area contributed by atoms with Gasteiger partial charge in [-0.15, -0.1) is 0 Å². The van der Waals surface area contributed by atoms with Gasteiger partial charge in [-0.1, -0.05) is 28.1 Å². The number of benzene rings is 1. The first-order chi connectivity index (χ1) is 9.10. The van der Waals surface area contributed by atoms with Crippen molar-refractivity contribution in [3.8, 4) is 0 Å². The number of aromatic nitrogens is 3. The number of carbonyl (C=O) groups excluding carboxylic acids is 1. The van der Waals surface area contributed by atoms with Crippen LogP contribution in [-0.4, -0.2) is 33.0 Å².